The Morgan fingerprint density at radius 1 is 0.969 bits per heavy atom. The third-order valence-electron chi connectivity index (χ3n) is 5.48. The SMILES string of the molecule is Cc1cccc(C2C(C(=O)CCc3ccccc3)=C(O)C(=O)N2c2cc(Cl)cc(Cl)c2)c1. The fraction of sp³-hybridized carbons (Fsp3) is 0.154. The average molecular weight is 466 g/mol. The van der Waals surface area contributed by atoms with E-state index in [2.05, 4.69) is 0 Å². The van der Waals surface area contributed by atoms with Crippen LogP contribution >= 0.6 is 23.2 Å². The number of aliphatic hydroxyl groups excluding tert-OH is 1. The Morgan fingerprint density at radius 3 is 2.31 bits per heavy atom. The molecular weight excluding hydrogens is 445 g/mol. The summed E-state index contributed by atoms with van der Waals surface area (Å²) in [5, 5.41) is 11.5. The minimum Gasteiger partial charge on any atom is -0.503 e. The molecule has 3 aromatic rings. The van der Waals surface area contributed by atoms with Crippen LogP contribution in [0, 0.1) is 6.92 Å². The van der Waals surface area contributed by atoms with E-state index < -0.39 is 17.7 Å². The van der Waals surface area contributed by atoms with Gasteiger partial charge in [-0.3, -0.25) is 14.5 Å². The molecule has 1 aliphatic rings. The van der Waals surface area contributed by atoms with Crippen LogP contribution in [0.2, 0.25) is 10.0 Å². The first-order chi connectivity index (χ1) is 15.3. The fourth-order valence-corrected chi connectivity index (χ4v) is 4.54. The quantitative estimate of drug-likeness (QED) is 0.457. The van der Waals surface area contributed by atoms with Crippen LogP contribution in [0.15, 0.2) is 84.1 Å². The van der Waals surface area contributed by atoms with Gasteiger partial charge in [-0.1, -0.05) is 83.4 Å². The number of rotatable bonds is 6. The average Bonchev–Trinajstić information content (AvgIpc) is 3.03. The third kappa shape index (κ3) is 4.43. The number of amides is 1. The maximum absolute atomic E-state index is 13.3. The summed E-state index contributed by atoms with van der Waals surface area (Å²) in [6.45, 7) is 1.93. The predicted molar refractivity (Wildman–Crippen MR) is 127 cm³/mol. The molecule has 1 amide bonds. The van der Waals surface area contributed by atoms with E-state index >= 15 is 0 Å². The van der Waals surface area contributed by atoms with Crippen LogP contribution in [-0.4, -0.2) is 16.8 Å². The molecule has 0 fully saturated rings. The number of aliphatic hydroxyl groups is 1. The molecule has 1 N–H and O–H groups in total. The largest absolute Gasteiger partial charge is 0.503 e. The lowest BCUT2D eigenvalue weighted by molar-refractivity contribution is -0.118. The lowest BCUT2D eigenvalue weighted by atomic mass is 9.92. The molecule has 0 radical (unpaired) electrons. The van der Waals surface area contributed by atoms with Crippen LogP contribution in [0.3, 0.4) is 0 Å². The molecule has 0 saturated carbocycles. The molecule has 0 aromatic heterocycles. The van der Waals surface area contributed by atoms with Crippen molar-refractivity contribution in [3.8, 4) is 0 Å². The zero-order valence-electron chi connectivity index (χ0n) is 17.4. The summed E-state index contributed by atoms with van der Waals surface area (Å²) in [6.07, 6.45) is 0.678. The molecule has 1 aliphatic heterocycles. The van der Waals surface area contributed by atoms with E-state index in [1.165, 1.54) is 4.90 Å². The van der Waals surface area contributed by atoms with Gasteiger partial charge in [0.15, 0.2) is 11.5 Å². The van der Waals surface area contributed by atoms with Crippen LogP contribution in [0.5, 0.6) is 0 Å². The second-order valence-electron chi connectivity index (χ2n) is 7.79. The predicted octanol–water partition coefficient (Wildman–Crippen LogP) is 6.40. The minimum absolute atomic E-state index is 0.0904. The molecule has 1 unspecified atom stereocenters. The van der Waals surface area contributed by atoms with Crippen molar-refractivity contribution < 1.29 is 14.7 Å². The van der Waals surface area contributed by atoms with Crippen molar-refractivity contribution in [2.45, 2.75) is 25.8 Å². The second-order valence-corrected chi connectivity index (χ2v) is 8.66. The van der Waals surface area contributed by atoms with Crippen LogP contribution in [-0.2, 0) is 16.0 Å². The summed E-state index contributed by atoms with van der Waals surface area (Å²) in [7, 11) is 0. The van der Waals surface area contributed by atoms with Gasteiger partial charge in [-0.2, -0.15) is 0 Å². The van der Waals surface area contributed by atoms with Gasteiger partial charge in [0.25, 0.3) is 5.91 Å². The van der Waals surface area contributed by atoms with Gasteiger partial charge in [0.2, 0.25) is 0 Å². The van der Waals surface area contributed by atoms with E-state index in [4.69, 9.17) is 23.2 Å². The lowest BCUT2D eigenvalue weighted by Gasteiger charge is -2.27. The summed E-state index contributed by atoms with van der Waals surface area (Å²) >= 11 is 12.4. The zero-order valence-corrected chi connectivity index (χ0v) is 18.9. The highest BCUT2D eigenvalue weighted by Gasteiger charge is 2.44. The molecule has 162 valence electrons. The van der Waals surface area contributed by atoms with Gasteiger partial charge in [-0.25, -0.2) is 0 Å². The van der Waals surface area contributed by atoms with Gasteiger partial charge in [0, 0.05) is 22.2 Å². The number of carbonyl (C=O) groups excluding carboxylic acids is 2. The van der Waals surface area contributed by atoms with Crippen molar-refractivity contribution in [1.29, 1.82) is 0 Å². The first-order valence-corrected chi connectivity index (χ1v) is 11.0. The molecule has 1 atom stereocenters. The normalized spacial score (nSPS) is 16.0. The summed E-state index contributed by atoms with van der Waals surface area (Å²) in [6, 6.07) is 21.1. The highest BCUT2D eigenvalue weighted by atomic mass is 35.5. The highest BCUT2D eigenvalue weighted by molar-refractivity contribution is 6.35. The molecule has 4 rings (SSSR count). The summed E-state index contributed by atoms with van der Waals surface area (Å²) in [5.74, 6) is -1.47. The number of Topliss-reactive ketones (excluding diaryl/α,β-unsaturated/α-hetero) is 1. The summed E-state index contributed by atoms with van der Waals surface area (Å²) in [5.41, 5.74) is 3.21. The maximum Gasteiger partial charge on any atom is 0.294 e. The van der Waals surface area contributed by atoms with Gasteiger partial charge in [-0.05, 0) is 42.7 Å². The Labute approximate surface area is 196 Å². The number of anilines is 1. The Balaban J connectivity index is 1.76. The molecule has 3 aromatic carbocycles. The van der Waals surface area contributed by atoms with E-state index in [0.29, 0.717) is 22.2 Å². The molecule has 0 saturated heterocycles. The smallest absolute Gasteiger partial charge is 0.294 e. The number of halogens is 2. The topological polar surface area (TPSA) is 57.6 Å². The van der Waals surface area contributed by atoms with Crippen molar-refractivity contribution >= 4 is 40.6 Å². The van der Waals surface area contributed by atoms with Crippen LogP contribution in [0.1, 0.15) is 29.2 Å². The van der Waals surface area contributed by atoms with Crippen molar-refractivity contribution in [1.82, 2.24) is 0 Å². The molecule has 0 bridgehead atoms. The Hall–Kier alpha value is -3.08. The van der Waals surface area contributed by atoms with Crippen molar-refractivity contribution in [3.63, 3.8) is 0 Å². The van der Waals surface area contributed by atoms with Gasteiger partial charge in [0.05, 0.1) is 11.6 Å². The van der Waals surface area contributed by atoms with Crippen molar-refractivity contribution in [2.75, 3.05) is 4.90 Å². The van der Waals surface area contributed by atoms with Crippen LogP contribution in [0.4, 0.5) is 5.69 Å². The number of aryl methyl sites for hydroxylation is 2. The second kappa shape index (κ2) is 9.19. The summed E-state index contributed by atoms with van der Waals surface area (Å²) < 4.78 is 0. The number of ketones is 1. The van der Waals surface area contributed by atoms with Gasteiger partial charge >= 0.3 is 0 Å². The first kappa shape index (κ1) is 22.1. The lowest BCUT2D eigenvalue weighted by Crippen LogP contribution is -2.31. The van der Waals surface area contributed by atoms with Crippen LogP contribution < -0.4 is 4.90 Å². The molecule has 0 aliphatic carbocycles. The third-order valence-corrected chi connectivity index (χ3v) is 5.91. The van der Waals surface area contributed by atoms with E-state index in [9.17, 15) is 14.7 Å². The van der Waals surface area contributed by atoms with Crippen LogP contribution in [0.25, 0.3) is 0 Å². The van der Waals surface area contributed by atoms with Gasteiger partial charge in [-0.15, -0.1) is 0 Å². The van der Waals surface area contributed by atoms with E-state index in [1.54, 1.807) is 18.2 Å². The number of hydrogen-bond donors (Lipinski definition) is 1. The molecule has 32 heavy (non-hydrogen) atoms. The van der Waals surface area contributed by atoms with Crippen molar-refractivity contribution in [2.24, 2.45) is 0 Å². The molecule has 6 heteroatoms. The molecular formula is C26H21Cl2NO3. The first-order valence-electron chi connectivity index (χ1n) is 10.2. The number of carbonyl (C=O) groups is 2. The minimum atomic E-state index is -0.778. The maximum atomic E-state index is 13.3. The van der Waals surface area contributed by atoms with Gasteiger partial charge < -0.3 is 5.11 Å². The van der Waals surface area contributed by atoms with E-state index in [-0.39, 0.29) is 17.8 Å². The number of benzene rings is 3. The molecule has 1 heterocycles. The van der Waals surface area contributed by atoms with Gasteiger partial charge in [0.1, 0.15) is 0 Å². The Morgan fingerprint density at radius 2 is 1.66 bits per heavy atom. The highest BCUT2D eigenvalue weighted by Crippen LogP contribution is 2.42. The zero-order chi connectivity index (χ0) is 22.8. The monoisotopic (exact) mass is 465 g/mol. The fourth-order valence-electron chi connectivity index (χ4n) is 4.03. The van der Waals surface area contributed by atoms with E-state index in [0.717, 1.165) is 16.7 Å². The number of nitrogens with zero attached hydrogens (tertiary/aromatic N) is 1. The Kier molecular flexibility index (Phi) is 6.35. The molecule has 4 nitrogen and oxygen atoms in total. The van der Waals surface area contributed by atoms with E-state index in [1.807, 2.05) is 61.5 Å². The molecule has 0 spiro atoms. The summed E-state index contributed by atoms with van der Waals surface area (Å²) in [4.78, 5) is 27.9. The number of hydrogen-bond acceptors (Lipinski definition) is 3. The standard InChI is InChI=1S/C26H21Cl2NO3/c1-16-6-5-9-18(12-16)24-23(22(30)11-10-17-7-3-2-4-8-17)25(31)26(32)29(24)21-14-19(27)13-20(28)15-21/h2-9,12-15,24,31H,10-11H2,1H3. The Bertz CT molecular complexity index is 1200. The van der Waals surface area contributed by atoms with Crippen molar-refractivity contribution in [3.05, 3.63) is 111 Å².